The van der Waals surface area contributed by atoms with Crippen molar-refractivity contribution >= 4 is 17.6 Å². The van der Waals surface area contributed by atoms with E-state index in [0.29, 0.717) is 0 Å². The smallest absolute Gasteiger partial charge is 0.431 e. The summed E-state index contributed by atoms with van der Waals surface area (Å²) in [6, 6.07) is 3.31. The Kier molecular flexibility index (Phi) is 3.71. The van der Waals surface area contributed by atoms with E-state index in [-0.39, 0.29) is 21.7 Å². The molecule has 1 aromatic heterocycles. The van der Waals surface area contributed by atoms with Crippen molar-refractivity contribution in [2.24, 2.45) is 0 Å². The van der Waals surface area contributed by atoms with Crippen LogP contribution in [0.5, 0.6) is 0 Å². The Labute approximate surface area is 121 Å². The van der Waals surface area contributed by atoms with Gasteiger partial charge in [-0.25, -0.2) is 9.18 Å². The predicted molar refractivity (Wildman–Crippen MR) is 67.9 cm³/mol. The maximum Gasteiger partial charge on any atom is 0.431 e. The average Bonchev–Trinajstić information content (AvgIpc) is 2.67. The van der Waals surface area contributed by atoms with Crippen LogP contribution in [0.2, 0.25) is 5.02 Å². The summed E-state index contributed by atoms with van der Waals surface area (Å²) in [5, 5.41) is 9.08. The summed E-state index contributed by atoms with van der Waals surface area (Å²) in [6.45, 7) is 1.08. The van der Waals surface area contributed by atoms with Crippen LogP contribution in [-0.2, 0) is 6.18 Å². The van der Waals surface area contributed by atoms with Crippen molar-refractivity contribution < 1.29 is 27.5 Å². The van der Waals surface area contributed by atoms with E-state index in [1.54, 1.807) is 4.98 Å². The summed E-state index contributed by atoms with van der Waals surface area (Å²) < 4.78 is 52.4. The summed E-state index contributed by atoms with van der Waals surface area (Å²) in [5.41, 5.74) is -2.93. The van der Waals surface area contributed by atoms with E-state index < -0.39 is 29.4 Å². The van der Waals surface area contributed by atoms with Gasteiger partial charge in [0.05, 0.1) is 0 Å². The maximum absolute atomic E-state index is 13.9. The number of carboxylic acids is 1. The predicted octanol–water partition coefficient (Wildman–Crippen LogP) is 4.50. The van der Waals surface area contributed by atoms with E-state index in [1.165, 1.54) is 6.07 Å². The van der Waals surface area contributed by atoms with Gasteiger partial charge in [-0.2, -0.15) is 13.2 Å². The number of rotatable bonds is 2. The Balaban J connectivity index is 2.78. The maximum atomic E-state index is 13.9. The molecule has 0 radical (unpaired) electrons. The van der Waals surface area contributed by atoms with Crippen molar-refractivity contribution in [1.82, 2.24) is 4.98 Å². The van der Waals surface area contributed by atoms with E-state index >= 15 is 0 Å². The molecule has 3 nitrogen and oxygen atoms in total. The number of nitrogens with one attached hydrogen (secondary N) is 1. The van der Waals surface area contributed by atoms with E-state index in [2.05, 4.69) is 0 Å². The molecular formula is C13H8ClF4NO2. The lowest BCUT2D eigenvalue weighted by Crippen LogP contribution is -2.08. The first-order valence-electron chi connectivity index (χ1n) is 5.61. The molecule has 0 aliphatic carbocycles. The first kappa shape index (κ1) is 15.4. The molecule has 2 aromatic rings. The molecule has 2 rings (SSSR count). The highest BCUT2D eigenvalue weighted by atomic mass is 35.5. The van der Waals surface area contributed by atoms with E-state index in [9.17, 15) is 22.4 Å². The van der Waals surface area contributed by atoms with Gasteiger partial charge in [-0.1, -0.05) is 11.6 Å². The quantitative estimate of drug-likeness (QED) is 0.800. The van der Waals surface area contributed by atoms with Crippen LogP contribution in [0.25, 0.3) is 11.1 Å². The Morgan fingerprint density at radius 2 is 1.95 bits per heavy atom. The second-order valence-electron chi connectivity index (χ2n) is 4.30. The Hall–Kier alpha value is -2.02. The molecule has 0 spiro atoms. The SMILES string of the molecule is Cc1c(C(F)(F)F)[nH]c(C(=O)O)c1-c1ccc(Cl)cc1F. The molecular weight excluding hydrogens is 314 g/mol. The number of carboxylic acid groups (broad SMARTS) is 1. The van der Waals surface area contributed by atoms with Gasteiger partial charge in [-0.05, 0) is 30.7 Å². The number of halogens is 5. The minimum Gasteiger partial charge on any atom is -0.477 e. The molecule has 0 aliphatic rings. The van der Waals surface area contributed by atoms with Crippen molar-refractivity contribution in [2.45, 2.75) is 13.1 Å². The monoisotopic (exact) mass is 321 g/mol. The van der Waals surface area contributed by atoms with Crippen LogP contribution in [0.4, 0.5) is 17.6 Å². The molecule has 21 heavy (non-hydrogen) atoms. The minimum atomic E-state index is -4.77. The highest BCUT2D eigenvalue weighted by Gasteiger charge is 2.38. The first-order chi connectivity index (χ1) is 9.62. The third kappa shape index (κ3) is 2.73. The zero-order valence-corrected chi connectivity index (χ0v) is 11.2. The molecule has 0 amide bonds. The summed E-state index contributed by atoms with van der Waals surface area (Å²) in [5.74, 6) is -2.52. The van der Waals surface area contributed by atoms with E-state index in [4.69, 9.17) is 16.7 Å². The fourth-order valence-electron chi connectivity index (χ4n) is 2.07. The molecule has 0 bridgehead atoms. The topological polar surface area (TPSA) is 53.1 Å². The third-order valence-corrected chi connectivity index (χ3v) is 3.18. The zero-order chi connectivity index (χ0) is 15.9. The van der Waals surface area contributed by atoms with Crippen LogP contribution in [0.1, 0.15) is 21.7 Å². The Morgan fingerprint density at radius 3 is 2.43 bits per heavy atom. The lowest BCUT2D eigenvalue weighted by atomic mass is 10.00. The number of aromatic amines is 1. The van der Waals surface area contributed by atoms with Crippen molar-refractivity contribution in [1.29, 1.82) is 0 Å². The van der Waals surface area contributed by atoms with Gasteiger partial charge in [0, 0.05) is 16.1 Å². The summed E-state index contributed by atoms with van der Waals surface area (Å²) in [7, 11) is 0. The van der Waals surface area contributed by atoms with Gasteiger partial charge >= 0.3 is 12.1 Å². The molecule has 0 saturated carbocycles. The van der Waals surface area contributed by atoms with Gasteiger partial charge in [0.1, 0.15) is 17.2 Å². The van der Waals surface area contributed by atoms with Gasteiger partial charge in [0.2, 0.25) is 0 Å². The first-order valence-corrected chi connectivity index (χ1v) is 5.99. The van der Waals surface area contributed by atoms with Crippen LogP contribution in [-0.4, -0.2) is 16.1 Å². The molecule has 0 atom stereocenters. The number of aromatic nitrogens is 1. The Morgan fingerprint density at radius 1 is 1.33 bits per heavy atom. The number of hydrogen-bond donors (Lipinski definition) is 2. The summed E-state index contributed by atoms with van der Waals surface area (Å²) in [6.07, 6.45) is -4.77. The molecule has 0 fully saturated rings. The Bertz CT molecular complexity index is 722. The van der Waals surface area contributed by atoms with Crippen LogP contribution < -0.4 is 0 Å². The average molecular weight is 322 g/mol. The van der Waals surface area contributed by atoms with Crippen LogP contribution >= 0.6 is 11.6 Å². The standard InChI is InChI=1S/C13H8ClF4NO2/c1-5-9(7-3-2-6(14)4-8(7)15)10(12(20)21)19-11(5)13(16,17)18/h2-4,19H,1H3,(H,20,21). The normalized spacial score (nSPS) is 11.7. The molecule has 1 aromatic carbocycles. The fourth-order valence-corrected chi connectivity index (χ4v) is 2.23. The molecule has 0 aliphatic heterocycles. The molecule has 8 heteroatoms. The highest BCUT2D eigenvalue weighted by molar-refractivity contribution is 6.30. The molecule has 112 valence electrons. The molecule has 0 saturated heterocycles. The van der Waals surface area contributed by atoms with Crippen molar-refractivity contribution in [3.63, 3.8) is 0 Å². The second kappa shape index (κ2) is 5.07. The van der Waals surface area contributed by atoms with Gasteiger partial charge in [0.25, 0.3) is 0 Å². The lowest BCUT2D eigenvalue weighted by Gasteiger charge is -2.07. The van der Waals surface area contributed by atoms with E-state index in [0.717, 1.165) is 19.1 Å². The lowest BCUT2D eigenvalue weighted by molar-refractivity contribution is -0.141. The number of carbonyl (C=O) groups is 1. The third-order valence-electron chi connectivity index (χ3n) is 2.95. The molecule has 1 heterocycles. The number of hydrogen-bond acceptors (Lipinski definition) is 1. The van der Waals surface area contributed by atoms with Gasteiger partial charge in [-0.3, -0.25) is 0 Å². The number of alkyl halides is 3. The van der Waals surface area contributed by atoms with Crippen LogP contribution in [0.3, 0.4) is 0 Å². The number of aromatic carboxylic acids is 1. The minimum absolute atomic E-state index is 0.0531. The van der Waals surface area contributed by atoms with Crippen LogP contribution in [0, 0.1) is 12.7 Å². The largest absolute Gasteiger partial charge is 0.477 e. The van der Waals surface area contributed by atoms with Crippen molar-refractivity contribution in [3.8, 4) is 11.1 Å². The van der Waals surface area contributed by atoms with E-state index in [1.807, 2.05) is 0 Å². The zero-order valence-electron chi connectivity index (χ0n) is 10.5. The van der Waals surface area contributed by atoms with Crippen LogP contribution in [0.15, 0.2) is 18.2 Å². The molecule has 2 N–H and O–H groups in total. The number of H-pyrrole nitrogens is 1. The summed E-state index contributed by atoms with van der Waals surface area (Å²) >= 11 is 5.58. The van der Waals surface area contributed by atoms with Crippen molar-refractivity contribution in [3.05, 3.63) is 46.0 Å². The fraction of sp³-hybridized carbons (Fsp3) is 0.154. The van der Waals surface area contributed by atoms with Gasteiger partial charge in [-0.15, -0.1) is 0 Å². The highest BCUT2D eigenvalue weighted by Crippen LogP contribution is 2.39. The number of benzene rings is 1. The summed E-state index contributed by atoms with van der Waals surface area (Å²) in [4.78, 5) is 12.9. The molecule has 0 unspecified atom stereocenters. The second-order valence-corrected chi connectivity index (χ2v) is 4.74. The van der Waals surface area contributed by atoms with Crippen molar-refractivity contribution in [2.75, 3.05) is 0 Å². The van der Waals surface area contributed by atoms with Gasteiger partial charge < -0.3 is 10.1 Å². The van der Waals surface area contributed by atoms with Gasteiger partial charge in [0.15, 0.2) is 0 Å².